The lowest BCUT2D eigenvalue weighted by Gasteiger charge is -2.13. The van der Waals surface area contributed by atoms with Crippen molar-refractivity contribution in [3.05, 3.63) is 83.4 Å². The fourth-order valence-corrected chi connectivity index (χ4v) is 3.83. The SMILES string of the molecule is O=C(OCC1c2ccccc2-c2ccccc21)On1nnc2ccc(C(F)(F)F)cc21. The van der Waals surface area contributed by atoms with E-state index >= 15 is 0 Å². The second kappa shape index (κ2) is 7.12. The average molecular weight is 425 g/mol. The molecule has 0 unspecified atom stereocenters. The molecule has 0 aliphatic heterocycles. The third-order valence-electron chi connectivity index (χ3n) is 5.23. The van der Waals surface area contributed by atoms with Crippen molar-refractivity contribution in [3.63, 3.8) is 0 Å². The Balaban J connectivity index is 1.34. The molecule has 0 bridgehead atoms. The summed E-state index contributed by atoms with van der Waals surface area (Å²) in [4.78, 5) is 17.9. The van der Waals surface area contributed by atoms with Gasteiger partial charge in [-0.3, -0.25) is 4.84 Å². The maximum atomic E-state index is 13.0. The smallest absolute Gasteiger partial charge is 0.432 e. The van der Waals surface area contributed by atoms with Crippen LogP contribution in [0, 0.1) is 0 Å². The number of nitrogens with zero attached hydrogens (tertiary/aromatic N) is 3. The van der Waals surface area contributed by atoms with Gasteiger partial charge in [0.25, 0.3) is 0 Å². The summed E-state index contributed by atoms with van der Waals surface area (Å²) >= 11 is 0. The zero-order chi connectivity index (χ0) is 21.6. The van der Waals surface area contributed by atoms with Crippen LogP contribution in [0.5, 0.6) is 0 Å². The Morgan fingerprint density at radius 1 is 0.968 bits per heavy atom. The number of benzene rings is 3. The van der Waals surface area contributed by atoms with Crippen molar-refractivity contribution in [2.45, 2.75) is 12.1 Å². The molecule has 0 atom stereocenters. The van der Waals surface area contributed by atoms with Crippen LogP contribution in [-0.2, 0) is 10.9 Å². The van der Waals surface area contributed by atoms with Gasteiger partial charge in [-0.25, -0.2) is 4.79 Å². The van der Waals surface area contributed by atoms with Gasteiger partial charge in [-0.05, 0) is 45.7 Å². The van der Waals surface area contributed by atoms with E-state index in [0.29, 0.717) is 4.85 Å². The standard InChI is InChI=1S/C22H14F3N3O3/c23-22(24,25)13-9-10-19-20(11-13)28(27-26-19)31-21(29)30-12-18-16-7-3-1-5-14(16)15-6-2-4-8-17(15)18/h1-11,18H,12H2. The molecular weight excluding hydrogens is 411 g/mol. The molecule has 4 aromatic rings. The first-order valence-corrected chi connectivity index (χ1v) is 9.38. The number of rotatable bonds is 3. The maximum Gasteiger partial charge on any atom is 0.535 e. The van der Waals surface area contributed by atoms with Crippen molar-refractivity contribution in [2.75, 3.05) is 6.61 Å². The summed E-state index contributed by atoms with van der Waals surface area (Å²) in [7, 11) is 0. The molecule has 1 aliphatic rings. The average Bonchev–Trinajstić information content (AvgIpc) is 3.30. The summed E-state index contributed by atoms with van der Waals surface area (Å²) in [5.74, 6) is -0.177. The third kappa shape index (κ3) is 3.37. The molecule has 0 saturated carbocycles. The van der Waals surface area contributed by atoms with Crippen molar-refractivity contribution < 1.29 is 27.5 Å². The van der Waals surface area contributed by atoms with E-state index in [1.807, 2.05) is 48.5 Å². The molecule has 9 heteroatoms. The molecule has 1 aliphatic carbocycles. The van der Waals surface area contributed by atoms with Gasteiger partial charge in [-0.15, -0.1) is 5.10 Å². The van der Waals surface area contributed by atoms with Crippen LogP contribution < -0.4 is 4.84 Å². The number of carbonyl (C=O) groups excluding carboxylic acids is 1. The van der Waals surface area contributed by atoms with E-state index in [1.54, 1.807) is 0 Å². The quantitative estimate of drug-likeness (QED) is 0.348. The molecule has 3 aromatic carbocycles. The van der Waals surface area contributed by atoms with Gasteiger partial charge in [0.2, 0.25) is 0 Å². The third-order valence-corrected chi connectivity index (χ3v) is 5.23. The van der Waals surface area contributed by atoms with Crippen LogP contribution in [0.3, 0.4) is 0 Å². The first-order chi connectivity index (χ1) is 14.9. The largest absolute Gasteiger partial charge is 0.535 e. The van der Waals surface area contributed by atoms with Crippen LogP contribution in [0.4, 0.5) is 18.0 Å². The number of alkyl halides is 3. The first kappa shape index (κ1) is 19.1. The molecule has 1 heterocycles. The van der Waals surface area contributed by atoms with Gasteiger partial charge in [0.15, 0.2) is 0 Å². The number of fused-ring (bicyclic) bond motifs is 4. The minimum atomic E-state index is -4.55. The minimum absolute atomic E-state index is 0.00723. The predicted octanol–water partition coefficient (Wildman–Crippen LogP) is 4.83. The van der Waals surface area contributed by atoms with E-state index in [-0.39, 0.29) is 23.6 Å². The number of aromatic nitrogens is 3. The van der Waals surface area contributed by atoms with Gasteiger partial charge >= 0.3 is 12.3 Å². The van der Waals surface area contributed by atoms with Crippen molar-refractivity contribution in [2.24, 2.45) is 0 Å². The van der Waals surface area contributed by atoms with Crippen LogP contribution >= 0.6 is 0 Å². The van der Waals surface area contributed by atoms with Crippen molar-refractivity contribution in [1.82, 2.24) is 15.2 Å². The molecule has 0 spiro atoms. The van der Waals surface area contributed by atoms with E-state index in [0.717, 1.165) is 40.5 Å². The molecule has 0 N–H and O–H groups in total. The molecule has 1 aromatic heterocycles. The van der Waals surface area contributed by atoms with E-state index in [2.05, 4.69) is 10.3 Å². The second-order valence-corrected chi connectivity index (χ2v) is 7.04. The van der Waals surface area contributed by atoms with Crippen molar-refractivity contribution in [1.29, 1.82) is 0 Å². The highest BCUT2D eigenvalue weighted by molar-refractivity contribution is 5.79. The van der Waals surface area contributed by atoms with Gasteiger partial charge in [0.1, 0.15) is 17.6 Å². The molecule has 0 radical (unpaired) electrons. The highest BCUT2D eigenvalue weighted by Crippen LogP contribution is 2.44. The molecular formula is C22H14F3N3O3. The van der Waals surface area contributed by atoms with Crippen molar-refractivity contribution >= 4 is 17.2 Å². The topological polar surface area (TPSA) is 66.2 Å². The lowest BCUT2D eigenvalue weighted by Crippen LogP contribution is -2.24. The summed E-state index contributed by atoms with van der Waals surface area (Å²) < 4.78 is 44.2. The van der Waals surface area contributed by atoms with E-state index in [4.69, 9.17) is 9.57 Å². The van der Waals surface area contributed by atoms with E-state index in [1.165, 1.54) is 0 Å². The zero-order valence-electron chi connectivity index (χ0n) is 15.8. The highest BCUT2D eigenvalue weighted by atomic mass is 19.4. The molecule has 0 amide bonds. The fourth-order valence-electron chi connectivity index (χ4n) is 3.83. The summed E-state index contributed by atoms with van der Waals surface area (Å²) in [5.41, 5.74) is 3.35. The molecule has 156 valence electrons. The van der Waals surface area contributed by atoms with Gasteiger partial charge in [0.05, 0.1) is 5.56 Å². The Kier molecular flexibility index (Phi) is 4.39. The Morgan fingerprint density at radius 3 is 2.26 bits per heavy atom. The minimum Gasteiger partial charge on any atom is -0.432 e. The van der Waals surface area contributed by atoms with Gasteiger partial charge in [-0.1, -0.05) is 53.4 Å². The number of hydrogen-bond acceptors (Lipinski definition) is 5. The molecule has 6 nitrogen and oxygen atoms in total. The number of ether oxygens (including phenoxy) is 1. The number of halogens is 3. The Labute approximate surface area is 173 Å². The monoisotopic (exact) mass is 425 g/mol. The summed E-state index contributed by atoms with van der Waals surface area (Å²) in [5, 5.41) is 7.29. The Hall–Kier alpha value is -3.88. The number of hydrogen-bond donors (Lipinski definition) is 0. The van der Waals surface area contributed by atoms with Gasteiger partial charge in [-0.2, -0.15) is 13.2 Å². The van der Waals surface area contributed by atoms with Gasteiger partial charge in [0, 0.05) is 5.92 Å². The molecule has 0 saturated heterocycles. The van der Waals surface area contributed by atoms with Crippen LogP contribution in [-0.4, -0.2) is 27.9 Å². The lowest BCUT2D eigenvalue weighted by atomic mass is 9.98. The van der Waals surface area contributed by atoms with Crippen LogP contribution in [0.15, 0.2) is 66.7 Å². The summed E-state index contributed by atoms with van der Waals surface area (Å²) in [6.07, 6.45) is -5.64. The Bertz CT molecular complexity index is 1250. The van der Waals surface area contributed by atoms with E-state index < -0.39 is 17.9 Å². The molecule has 5 rings (SSSR count). The fraction of sp³-hybridized carbons (Fsp3) is 0.136. The normalized spacial score (nSPS) is 13.1. The molecule has 31 heavy (non-hydrogen) atoms. The highest BCUT2D eigenvalue weighted by Gasteiger charge is 2.32. The lowest BCUT2D eigenvalue weighted by molar-refractivity contribution is -0.137. The van der Waals surface area contributed by atoms with E-state index in [9.17, 15) is 18.0 Å². The van der Waals surface area contributed by atoms with Crippen molar-refractivity contribution in [3.8, 4) is 11.1 Å². The van der Waals surface area contributed by atoms with Crippen LogP contribution in [0.2, 0.25) is 0 Å². The summed E-state index contributed by atoms with van der Waals surface area (Å²) in [6, 6.07) is 18.5. The Morgan fingerprint density at radius 2 is 1.61 bits per heavy atom. The van der Waals surface area contributed by atoms with Crippen LogP contribution in [0.25, 0.3) is 22.2 Å². The predicted molar refractivity (Wildman–Crippen MR) is 104 cm³/mol. The molecule has 0 fully saturated rings. The maximum absolute atomic E-state index is 13.0. The zero-order valence-corrected chi connectivity index (χ0v) is 15.8. The second-order valence-electron chi connectivity index (χ2n) is 7.04. The first-order valence-electron chi connectivity index (χ1n) is 9.38. The number of carbonyl (C=O) groups is 1. The van der Waals surface area contributed by atoms with Gasteiger partial charge < -0.3 is 4.74 Å². The summed E-state index contributed by atoms with van der Waals surface area (Å²) in [6.45, 7) is 0.00723. The van der Waals surface area contributed by atoms with Crippen LogP contribution in [0.1, 0.15) is 22.6 Å².